The maximum absolute atomic E-state index is 12.9. The Morgan fingerprint density at radius 2 is 2.03 bits per heavy atom. The number of aromatic nitrogens is 5. The minimum atomic E-state index is -0.602. The molecule has 0 aliphatic rings. The van der Waals surface area contributed by atoms with Crippen molar-refractivity contribution >= 4 is 56.7 Å². The predicted molar refractivity (Wildman–Crippen MR) is 123 cm³/mol. The van der Waals surface area contributed by atoms with Crippen LogP contribution in [-0.2, 0) is 13.1 Å². The number of halogens is 3. The van der Waals surface area contributed by atoms with E-state index in [1.807, 2.05) is 0 Å². The van der Waals surface area contributed by atoms with Crippen molar-refractivity contribution in [3.05, 3.63) is 83.9 Å². The molecule has 170 valence electrons. The molecule has 1 amide bonds. The number of carbonyl (C=O) groups is 1. The number of nitrogens with zero attached hydrogens (tertiary/aromatic N) is 6. The normalized spacial score (nSPS) is 11.0. The molecule has 11 nitrogen and oxygen atoms in total. The van der Waals surface area contributed by atoms with Gasteiger partial charge in [-0.1, -0.05) is 34.4 Å². The summed E-state index contributed by atoms with van der Waals surface area (Å²) in [5.41, 5.74) is 1.26. The fraction of sp³-hybridized carbons (Fsp3) is 0.158. The van der Waals surface area contributed by atoms with E-state index in [1.165, 1.54) is 16.9 Å². The summed E-state index contributed by atoms with van der Waals surface area (Å²) in [6.07, 6.45) is 3.13. The van der Waals surface area contributed by atoms with Crippen LogP contribution < -0.4 is 5.32 Å². The quantitative estimate of drug-likeness (QED) is 0.258. The fourth-order valence-corrected chi connectivity index (χ4v) is 3.89. The minimum Gasteiger partial charge on any atom is -0.361 e. The third-order valence-corrected chi connectivity index (χ3v) is 5.80. The van der Waals surface area contributed by atoms with Crippen molar-refractivity contribution in [3.63, 3.8) is 0 Å². The lowest BCUT2D eigenvalue weighted by atomic mass is 10.2. The molecule has 0 unspecified atom stereocenters. The van der Waals surface area contributed by atoms with Gasteiger partial charge in [0, 0.05) is 16.2 Å². The van der Waals surface area contributed by atoms with Crippen LogP contribution in [-0.4, -0.2) is 35.5 Å². The van der Waals surface area contributed by atoms with E-state index in [2.05, 4.69) is 36.6 Å². The Morgan fingerprint density at radius 3 is 2.73 bits per heavy atom. The van der Waals surface area contributed by atoms with E-state index < -0.39 is 10.8 Å². The molecule has 14 heteroatoms. The minimum absolute atomic E-state index is 0.0212. The van der Waals surface area contributed by atoms with Gasteiger partial charge in [0.05, 0.1) is 40.5 Å². The number of hydrogen-bond acceptors (Lipinski definition) is 7. The van der Waals surface area contributed by atoms with Gasteiger partial charge in [0.15, 0.2) is 11.5 Å². The van der Waals surface area contributed by atoms with Gasteiger partial charge < -0.3 is 20.0 Å². The number of rotatable bonds is 7. The van der Waals surface area contributed by atoms with Crippen LogP contribution in [0.1, 0.15) is 27.4 Å². The van der Waals surface area contributed by atoms with Gasteiger partial charge in [0.1, 0.15) is 5.76 Å². The zero-order chi connectivity index (χ0) is 23.7. The Labute approximate surface area is 204 Å². The molecule has 4 aromatic rings. The van der Waals surface area contributed by atoms with E-state index in [4.69, 9.17) is 27.7 Å². The lowest BCUT2D eigenvalue weighted by Crippen LogP contribution is -2.17. The van der Waals surface area contributed by atoms with Gasteiger partial charge >= 0.3 is 5.82 Å². The number of nitrogens with one attached hydrogen (secondary N) is 1. The maximum Gasteiger partial charge on any atom is 0.389 e. The summed E-state index contributed by atoms with van der Waals surface area (Å²) < 4.78 is 8.65. The molecule has 33 heavy (non-hydrogen) atoms. The van der Waals surface area contributed by atoms with Crippen LogP contribution in [0.15, 0.2) is 45.7 Å². The first-order valence-electron chi connectivity index (χ1n) is 9.32. The Balaban J connectivity index is 1.51. The summed E-state index contributed by atoms with van der Waals surface area (Å²) in [6.45, 7) is 2.06. The highest BCUT2D eigenvalue weighted by atomic mass is 79.9. The largest absolute Gasteiger partial charge is 0.389 e. The van der Waals surface area contributed by atoms with E-state index in [0.29, 0.717) is 32.4 Å². The first-order valence-corrected chi connectivity index (χ1v) is 10.9. The Morgan fingerprint density at radius 1 is 1.24 bits per heavy atom. The molecule has 3 aromatic heterocycles. The molecule has 0 atom stereocenters. The summed E-state index contributed by atoms with van der Waals surface area (Å²) >= 11 is 15.5. The SMILES string of the molecule is Cc1onc(C(=O)Nc2nn(Cc3ccc(Cl)cc3Cl)cc2Br)c1Cn1ccc([N+](=O)[O-])n1. The number of hydrogen-bond donors (Lipinski definition) is 1. The van der Waals surface area contributed by atoms with Gasteiger partial charge in [-0.25, -0.2) is 0 Å². The van der Waals surface area contributed by atoms with Crippen LogP contribution >= 0.6 is 39.1 Å². The van der Waals surface area contributed by atoms with Crippen LogP contribution in [0.3, 0.4) is 0 Å². The smallest absolute Gasteiger partial charge is 0.361 e. The van der Waals surface area contributed by atoms with Gasteiger partial charge in [0.25, 0.3) is 5.91 Å². The predicted octanol–water partition coefficient (Wildman–Crippen LogP) is 4.70. The average Bonchev–Trinajstić information content (AvgIpc) is 3.45. The fourth-order valence-electron chi connectivity index (χ4n) is 3.01. The van der Waals surface area contributed by atoms with Gasteiger partial charge in [0.2, 0.25) is 0 Å². The average molecular weight is 555 g/mol. The van der Waals surface area contributed by atoms with Crippen molar-refractivity contribution in [1.29, 1.82) is 0 Å². The molecule has 0 saturated heterocycles. The lowest BCUT2D eigenvalue weighted by molar-refractivity contribution is -0.389. The molecule has 4 rings (SSSR count). The zero-order valence-electron chi connectivity index (χ0n) is 16.8. The lowest BCUT2D eigenvalue weighted by Gasteiger charge is -2.05. The summed E-state index contributed by atoms with van der Waals surface area (Å²) in [4.78, 5) is 23.1. The van der Waals surface area contributed by atoms with Gasteiger partial charge in [-0.3, -0.25) is 9.48 Å². The Bertz CT molecular complexity index is 1360. The molecule has 0 bridgehead atoms. The molecule has 1 N–H and O–H groups in total. The summed E-state index contributed by atoms with van der Waals surface area (Å²) in [5, 5.41) is 26.6. The second-order valence-electron chi connectivity index (χ2n) is 6.91. The molecule has 0 saturated carbocycles. The van der Waals surface area contributed by atoms with Crippen molar-refractivity contribution in [1.82, 2.24) is 24.7 Å². The first-order chi connectivity index (χ1) is 15.7. The van der Waals surface area contributed by atoms with Crippen molar-refractivity contribution in [2.45, 2.75) is 20.0 Å². The third kappa shape index (κ3) is 5.07. The molecule has 0 aliphatic carbocycles. The number of nitro groups is 1. The molecular formula is C19H14BrCl2N7O4. The number of carbonyl (C=O) groups excluding carboxylic acids is 1. The molecule has 0 radical (unpaired) electrons. The summed E-state index contributed by atoms with van der Waals surface area (Å²) in [6, 6.07) is 6.43. The van der Waals surface area contributed by atoms with E-state index in [1.54, 1.807) is 36.0 Å². The molecule has 0 spiro atoms. The van der Waals surface area contributed by atoms with E-state index >= 15 is 0 Å². The molecule has 1 aromatic carbocycles. The second-order valence-corrected chi connectivity index (χ2v) is 8.61. The van der Waals surface area contributed by atoms with Crippen LogP contribution in [0.4, 0.5) is 11.6 Å². The van der Waals surface area contributed by atoms with Crippen LogP contribution in [0.5, 0.6) is 0 Å². The van der Waals surface area contributed by atoms with E-state index in [0.717, 1.165) is 5.56 Å². The van der Waals surface area contributed by atoms with Gasteiger partial charge in [-0.05, 0) is 45.5 Å². The highest BCUT2D eigenvalue weighted by molar-refractivity contribution is 9.10. The number of aryl methyl sites for hydroxylation is 1. The number of amides is 1. The summed E-state index contributed by atoms with van der Waals surface area (Å²) in [5.74, 6) is -0.198. The topological polar surface area (TPSA) is 134 Å². The zero-order valence-corrected chi connectivity index (χ0v) is 19.9. The summed E-state index contributed by atoms with van der Waals surface area (Å²) in [7, 11) is 0. The monoisotopic (exact) mass is 553 g/mol. The van der Waals surface area contributed by atoms with Crippen molar-refractivity contribution in [2.75, 3.05) is 5.32 Å². The van der Waals surface area contributed by atoms with Crippen molar-refractivity contribution in [3.8, 4) is 0 Å². The van der Waals surface area contributed by atoms with E-state index in [-0.39, 0.29) is 23.9 Å². The van der Waals surface area contributed by atoms with Crippen molar-refractivity contribution in [2.24, 2.45) is 0 Å². The van der Waals surface area contributed by atoms with Crippen LogP contribution in [0.2, 0.25) is 10.0 Å². The second kappa shape index (κ2) is 9.33. The first kappa shape index (κ1) is 23.0. The highest BCUT2D eigenvalue weighted by Crippen LogP contribution is 2.25. The van der Waals surface area contributed by atoms with Gasteiger partial charge in [-0.2, -0.15) is 9.78 Å². The Kier molecular flexibility index (Phi) is 6.49. The van der Waals surface area contributed by atoms with Gasteiger partial charge in [-0.15, -0.1) is 0 Å². The van der Waals surface area contributed by atoms with Crippen LogP contribution in [0.25, 0.3) is 0 Å². The number of anilines is 1. The Hall–Kier alpha value is -3.22. The highest BCUT2D eigenvalue weighted by Gasteiger charge is 2.24. The van der Waals surface area contributed by atoms with Crippen molar-refractivity contribution < 1.29 is 14.2 Å². The maximum atomic E-state index is 12.9. The molecular weight excluding hydrogens is 541 g/mol. The molecule has 0 aliphatic heterocycles. The molecule has 3 heterocycles. The van der Waals surface area contributed by atoms with Crippen LogP contribution in [0, 0.1) is 17.0 Å². The van der Waals surface area contributed by atoms with E-state index in [9.17, 15) is 14.9 Å². The standard InChI is InChI=1S/C19H14BrCl2N7O4/c1-10-13(8-27-5-4-16(24-27)29(31)32)17(26-33-10)19(30)23-18-14(20)9-28(25-18)7-11-2-3-12(21)6-15(11)22/h2-6,9H,7-8H2,1H3,(H,23,25,30). The molecule has 0 fully saturated rings. The third-order valence-electron chi connectivity index (χ3n) is 4.63. The number of benzene rings is 1.